The first-order chi connectivity index (χ1) is 26.4. The van der Waals surface area contributed by atoms with Crippen LogP contribution in [0.3, 0.4) is 0 Å². The second kappa shape index (κ2) is 16.2. The molecule has 2 N–H and O–H groups in total. The van der Waals surface area contributed by atoms with Crippen LogP contribution in [0.2, 0.25) is 0 Å². The van der Waals surface area contributed by atoms with Crippen molar-refractivity contribution in [3.05, 3.63) is 145 Å². The molecular formula is C44H37N7O3. The number of fused-ring (bicyclic) bond motifs is 2. The molecule has 54 heavy (non-hydrogen) atoms. The summed E-state index contributed by atoms with van der Waals surface area (Å²) in [5, 5.41) is 44.5. The molecule has 0 saturated carbocycles. The molecule has 266 valence electrons. The van der Waals surface area contributed by atoms with E-state index in [4.69, 9.17) is 16.4 Å². The summed E-state index contributed by atoms with van der Waals surface area (Å²) in [6.07, 6.45) is 0.457. The monoisotopic (exact) mass is 711 g/mol. The summed E-state index contributed by atoms with van der Waals surface area (Å²) in [7, 11) is 1.64. The molecule has 0 bridgehead atoms. The Morgan fingerprint density at radius 1 is 0.574 bits per heavy atom. The number of hydrogen-bond acceptors (Lipinski definition) is 10. The zero-order valence-corrected chi connectivity index (χ0v) is 30.1. The van der Waals surface area contributed by atoms with Crippen molar-refractivity contribution in [3.8, 4) is 17.2 Å². The van der Waals surface area contributed by atoms with Gasteiger partial charge < -0.3 is 19.9 Å². The Morgan fingerprint density at radius 3 is 1.80 bits per heavy atom. The molecule has 0 unspecified atom stereocenters. The quantitative estimate of drug-likeness (QED) is 0.122. The molecule has 0 aliphatic heterocycles. The Balaban J connectivity index is 0.992. The third kappa shape index (κ3) is 8.24. The van der Waals surface area contributed by atoms with Crippen LogP contribution in [-0.2, 0) is 0 Å². The number of ether oxygens (including phenoxy) is 2. The minimum atomic E-state index is 0.0641. The van der Waals surface area contributed by atoms with Crippen LogP contribution in [-0.4, -0.2) is 18.8 Å². The molecule has 7 aromatic rings. The number of benzene rings is 7. The van der Waals surface area contributed by atoms with Gasteiger partial charge in [0, 0.05) is 22.1 Å². The standard InChI is InChI=1S/C44H37N7O3/c1-5-23-54-43-8-6-7-30-27-36(13-18-38(30)43)48-50-41-21-14-34(24-28(41)2)46-49-40-22-15-35(25-29(40)3)47-51-42-20-9-31-26-33(12-19-39(31)44(42)52)45-32-10-16-37(53-4)17-11-32/h1,6-22,24-27,45,52H,5,23H2,2-4H3. The van der Waals surface area contributed by atoms with Gasteiger partial charge in [0.1, 0.15) is 17.2 Å². The zero-order valence-electron chi connectivity index (χ0n) is 30.1. The number of methoxy groups -OCH3 is 1. The lowest BCUT2D eigenvalue weighted by atomic mass is 10.1. The Labute approximate surface area is 313 Å². The van der Waals surface area contributed by atoms with E-state index in [-0.39, 0.29) is 5.75 Å². The molecule has 0 aromatic heterocycles. The van der Waals surface area contributed by atoms with Crippen molar-refractivity contribution < 1.29 is 14.6 Å². The number of azo groups is 3. The third-order valence-corrected chi connectivity index (χ3v) is 8.73. The fraction of sp³-hybridized carbons (Fsp3) is 0.114. The zero-order chi connectivity index (χ0) is 37.4. The number of rotatable bonds is 12. The highest BCUT2D eigenvalue weighted by Crippen LogP contribution is 2.38. The number of nitrogens with zero attached hydrogens (tertiary/aromatic N) is 6. The van der Waals surface area contributed by atoms with Crippen molar-refractivity contribution in [2.24, 2.45) is 30.7 Å². The summed E-state index contributed by atoms with van der Waals surface area (Å²) >= 11 is 0. The molecule has 0 aliphatic rings. The van der Waals surface area contributed by atoms with Crippen LogP contribution in [0.4, 0.5) is 45.5 Å². The van der Waals surface area contributed by atoms with Crippen LogP contribution in [0.5, 0.6) is 17.2 Å². The van der Waals surface area contributed by atoms with Crippen LogP contribution < -0.4 is 14.8 Å². The first-order valence-electron chi connectivity index (χ1n) is 17.4. The molecule has 0 saturated heterocycles. The average Bonchev–Trinajstić information content (AvgIpc) is 3.19. The first kappa shape index (κ1) is 35.5. The van der Waals surface area contributed by atoms with Gasteiger partial charge in [0.2, 0.25) is 0 Å². The molecule has 10 nitrogen and oxygen atoms in total. The minimum Gasteiger partial charge on any atom is -0.505 e. The van der Waals surface area contributed by atoms with Crippen LogP contribution in [0, 0.1) is 20.8 Å². The summed E-state index contributed by atoms with van der Waals surface area (Å²) in [6, 6.07) is 40.1. The van der Waals surface area contributed by atoms with Gasteiger partial charge in [-0.2, -0.15) is 25.6 Å². The van der Waals surface area contributed by atoms with Crippen molar-refractivity contribution >= 4 is 67.0 Å². The summed E-state index contributed by atoms with van der Waals surface area (Å²) in [6.45, 7) is 9.96. The van der Waals surface area contributed by atoms with Crippen molar-refractivity contribution in [1.82, 2.24) is 0 Å². The van der Waals surface area contributed by atoms with Gasteiger partial charge in [0.25, 0.3) is 0 Å². The fourth-order valence-electron chi connectivity index (χ4n) is 5.86. The molecule has 10 heteroatoms. The number of aryl methyl sites for hydroxylation is 2. The number of anilines is 2. The number of aromatic hydroxyl groups is 1. The number of phenols is 1. The molecule has 0 atom stereocenters. The highest BCUT2D eigenvalue weighted by atomic mass is 16.5. The first-order valence-corrected chi connectivity index (χ1v) is 17.4. The van der Waals surface area contributed by atoms with E-state index in [1.807, 2.05) is 135 Å². The molecular weight excluding hydrogens is 675 g/mol. The summed E-state index contributed by atoms with van der Waals surface area (Å²) in [4.78, 5) is 0. The van der Waals surface area contributed by atoms with Gasteiger partial charge in [-0.25, -0.2) is 0 Å². The second-order valence-corrected chi connectivity index (χ2v) is 12.6. The van der Waals surface area contributed by atoms with Crippen LogP contribution >= 0.6 is 0 Å². The average molecular weight is 712 g/mol. The Hall–Kier alpha value is -6.94. The summed E-state index contributed by atoms with van der Waals surface area (Å²) < 4.78 is 11.0. The lowest BCUT2D eigenvalue weighted by molar-refractivity contribution is 0.328. The van der Waals surface area contributed by atoms with Crippen LogP contribution in [0.1, 0.15) is 17.5 Å². The molecule has 0 fully saturated rings. The highest BCUT2D eigenvalue weighted by Gasteiger charge is 2.09. The maximum Gasteiger partial charge on any atom is 0.150 e. The van der Waals surface area contributed by atoms with Gasteiger partial charge in [-0.05, 0) is 158 Å². The largest absolute Gasteiger partial charge is 0.505 e. The van der Waals surface area contributed by atoms with E-state index in [1.54, 1.807) is 13.2 Å². The molecule has 0 aliphatic carbocycles. The van der Waals surface area contributed by atoms with Gasteiger partial charge in [-0.1, -0.05) is 18.2 Å². The van der Waals surface area contributed by atoms with Crippen LogP contribution in [0.15, 0.2) is 158 Å². The maximum atomic E-state index is 11.0. The van der Waals surface area contributed by atoms with Crippen molar-refractivity contribution in [2.75, 3.05) is 19.0 Å². The van der Waals surface area contributed by atoms with Gasteiger partial charge >= 0.3 is 0 Å². The van der Waals surface area contributed by atoms with E-state index in [0.717, 1.165) is 61.5 Å². The van der Waals surface area contributed by atoms with Gasteiger partial charge in [-0.15, -0.1) is 5.11 Å². The molecule has 0 spiro atoms. The Kier molecular flexibility index (Phi) is 10.6. The lowest BCUT2D eigenvalue weighted by Crippen LogP contribution is -1.95. The molecule has 7 aromatic carbocycles. The van der Waals surface area contributed by atoms with Gasteiger partial charge in [0.05, 0.1) is 42.2 Å². The van der Waals surface area contributed by atoms with E-state index >= 15 is 0 Å². The van der Waals surface area contributed by atoms with E-state index < -0.39 is 0 Å². The number of nitrogens with one attached hydrogen (secondary N) is 1. The third-order valence-electron chi connectivity index (χ3n) is 8.73. The molecule has 7 rings (SSSR count). The van der Waals surface area contributed by atoms with E-state index in [1.165, 1.54) is 0 Å². The minimum absolute atomic E-state index is 0.0641. The normalized spacial score (nSPS) is 11.7. The van der Waals surface area contributed by atoms with Gasteiger partial charge in [0.15, 0.2) is 5.75 Å². The van der Waals surface area contributed by atoms with E-state index in [9.17, 15) is 5.11 Å². The van der Waals surface area contributed by atoms with Gasteiger partial charge in [-0.3, -0.25) is 0 Å². The van der Waals surface area contributed by atoms with E-state index in [0.29, 0.717) is 41.2 Å². The molecule has 0 heterocycles. The molecule has 2 radical (unpaired) electrons. The molecule has 0 amide bonds. The predicted molar refractivity (Wildman–Crippen MR) is 215 cm³/mol. The van der Waals surface area contributed by atoms with Crippen LogP contribution in [0.25, 0.3) is 21.5 Å². The maximum absolute atomic E-state index is 11.0. The predicted octanol–water partition coefficient (Wildman–Crippen LogP) is 13.8. The van der Waals surface area contributed by atoms with Crippen molar-refractivity contribution in [2.45, 2.75) is 20.3 Å². The Bertz CT molecular complexity index is 2550. The number of hydrogen-bond donors (Lipinski definition) is 2. The second-order valence-electron chi connectivity index (χ2n) is 12.6. The SMILES string of the molecule is [CH]CCOc1cccc2cc(N=Nc3ccc(N=Nc4ccc(N=Nc5ccc6cc(Nc7ccc(OC)cc7)ccc6c5O)cc4C)cc3C)ccc12. The van der Waals surface area contributed by atoms with E-state index in [2.05, 4.69) is 36.0 Å². The fourth-order valence-corrected chi connectivity index (χ4v) is 5.86. The highest BCUT2D eigenvalue weighted by molar-refractivity contribution is 5.95. The summed E-state index contributed by atoms with van der Waals surface area (Å²) in [5.41, 5.74) is 7.50. The number of phenolic OH excluding ortho intramolecular Hbond substituents is 1. The van der Waals surface area contributed by atoms with Crippen molar-refractivity contribution in [1.29, 1.82) is 0 Å². The smallest absolute Gasteiger partial charge is 0.150 e. The topological polar surface area (TPSA) is 125 Å². The Morgan fingerprint density at radius 2 is 1.15 bits per heavy atom. The summed E-state index contributed by atoms with van der Waals surface area (Å²) in [5.74, 6) is 1.65. The van der Waals surface area contributed by atoms with Crippen molar-refractivity contribution in [3.63, 3.8) is 0 Å². The lowest BCUT2D eigenvalue weighted by Gasteiger charge is -2.10.